The number of fused-ring (bicyclic) bond motifs is 3. The number of ketones is 1. The normalized spacial score (nSPS) is 24.6. The lowest BCUT2D eigenvalue weighted by Gasteiger charge is -2.34. The van der Waals surface area contributed by atoms with E-state index in [0.29, 0.717) is 31.4 Å². The van der Waals surface area contributed by atoms with E-state index >= 15 is 0 Å². The number of benzene rings is 1. The van der Waals surface area contributed by atoms with Gasteiger partial charge in [0.25, 0.3) is 0 Å². The quantitative estimate of drug-likeness (QED) is 0.132. The monoisotopic (exact) mass is 533 g/mol. The highest BCUT2D eigenvalue weighted by Gasteiger charge is 2.34. The highest BCUT2D eigenvalue weighted by Crippen LogP contribution is 2.42. The lowest BCUT2D eigenvalue weighted by molar-refractivity contribution is -0.114. The number of phenolic OH excluding ortho intramolecular Hbond substituents is 1. The van der Waals surface area contributed by atoms with E-state index in [1.54, 1.807) is 13.2 Å². The molecule has 3 aliphatic carbocycles. The standard InChI is InChI=1S/C32H43N3O4/c1-3-4-5-9-24(36)16-14-21-20-30(39-25-10-6-7-11-25)31(37)27-19-23-18-22(15-17-29(23)38-2)28(35-32(33)34)13-8-12-26(21)27/h5,9,15,17,20,22-23,25,28-29,37H,3-4,6-7,10-11,13-14,16,18-19H2,1-2H3,(H4,33,34,35)/b9-5+/t22-,23-,28+,29-/m0/s1. The number of nitrogens with two attached hydrogens (primary N) is 2. The van der Waals surface area contributed by atoms with Gasteiger partial charge in [0.1, 0.15) is 0 Å². The van der Waals surface area contributed by atoms with Crippen LogP contribution < -0.4 is 16.2 Å². The van der Waals surface area contributed by atoms with E-state index in [1.165, 1.54) is 0 Å². The molecule has 0 heterocycles. The topological polar surface area (TPSA) is 120 Å². The van der Waals surface area contributed by atoms with Crippen molar-refractivity contribution in [2.45, 2.75) is 95.8 Å². The van der Waals surface area contributed by atoms with Gasteiger partial charge in [0.05, 0.1) is 18.2 Å². The first-order valence-electron chi connectivity index (χ1n) is 14.4. The van der Waals surface area contributed by atoms with Crippen LogP contribution in [0, 0.1) is 23.7 Å². The molecule has 3 aliphatic rings. The number of ether oxygens (including phenoxy) is 2. The first-order chi connectivity index (χ1) is 18.9. The molecule has 0 radical (unpaired) electrons. The Bertz CT molecular complexity index is 1170. The van der Waals surface area contributed by atoms with E-state index in [4.69, 9.17) is 20.9 Å². The molecule has 39 heavy (non-hydrogen) atoms. The van der Waals surface area contributed by atoms with Crippen LogP contribution in [0.3, 0.4) is 0 Å². The Hall–Kier alpha value is -3.24. The molecule has 0 aromatic heterocycles. The number of aryl methyl sites for hydroxylation is 1. The van der Waals surface area contributed by atoms with Crippen molar-refractivity contribution >= 4 is 11.7 Å². The summed E-state index contributed by atoms with van der Waals surface area (Å²) in [6, 6.07) is 1.74. The number of aromatic hydroxyl groups is 1. The van der Waals surface area contributed by atoms with Gasteiger partial charge in [-0.1, -0.05) is 43.4 Å². The van der Waals surface area contributed by atoms with Gasteiger partial charge in [-0.2, -0.15) is 0 Å². The highest BCUT2D eigenvalue weighted by molar-refractivity contribution is 5.89. The maximum atomic E-state index is 12.6. The molecule has 2 bridgehead atoms. The van der Waals surface area contributed by atoms with E-state index in [-0.39, 0.29) is 47.6 Å². The van der Waals surface area contributed by atoms with Gasteiger partial charge in [-0.3, -0.25) is 4.79 Å². The van der Waals surface area contributed by atoms with E-state index < -0.39 is 0 Å². The molecule has 5 N–H and O–H groups in total. The maximum absolute atomic E-state index is 12.6. The van der Waals surface area contributed by atoms with Crippen molar-refractivity contribution in [3.05, 3.63) is 47.1 Å². The van der Waals surface area contributed by atoms with Crippen LogP contribution in [-0.4, -0.2) is 42.2 Å². The van der Waals surface area contributed by atoms with Crippen LogP contribution in [0.5, 0.6) is 11.5 Å². The number of allylic oxidation sites excluding steroid dienone is 2. The molecule has 7 heteroatoms. The molecule has 4 rings (SSSR count). The van der Waals surface area contributed by atoms with E-state index in [2.05, 4.69) is 35.9 Å². The van der Waals surface area contributed by atoms with Gasteiger partial charge in [0, 0.05) is 37.0 Å². The second-order valence-electron chi connectivity index (χ2n) is 11.0. The van der Waals surface area contributed by atoms with Crippen molar-refractivity contribution in [3.8, 4) is 23.3 Å². The SMILES string of the molecule is CCC/C=C/C(=O)CCc1cc(OC2CCCC2)c(O)c2c1C#CC[C@@H](N=C(N)N)[C@H]1C=C[C@H](OC)[C@H](C2)C1. The molecule has 0 saturated heterocycles. The summed E-state index contributed by atoms with van der Waals surface area (Å²) in [5.41, 5.74) is 14.0. The third-order valence-corrected chi connectivity index (χ3v) is 8.10. The molecular formula is C32H43N3O4. The van der Waals surface area contributed by atoms with Crippen molar-refractivity contribution < 1.29 is 19.4 Å². The van der Waals surface area contributed by atoms with Crippen molar-refractivity contribution in [1.29, 1.82) is 0 Å². The van der Waals surface area contributed by atoms with Gasteiger partial charge >= 0.3 is 0 Å². The Morgan fingerprint density at radius 3 is 2.77 bits per heavy atom. The van der Waals surface area contributed by atoms with Crippen LogP contribution in [0.4, 0.5) is 0 Å². The predicted molar refractivity (Wildman–Crippen MR) is 155 cm³/mol. The van der Waals surface area contributed by atoms with Gasteiger partial charge in [-0.15, -0.1) is 0 Å². The Kier molecular flexibility index (Phi) is 10.1. The van der Waals surface area contributed by atoms with Crippen molar-refractivity contribution in [3.63, 3.8) is 0 Å². The molecular weight excluding hydrogens is 490 g/mol. The predicted octanol–water partition coefficient (Wildman–Crippen LogP) is 4.72. The van der Waals surface area contributed by atoms with Gasteiger partial charge in [-0.05, 0) is 75.0 Å². The number of carbonyl (C=O) groups is 1. The Morgan fingerprint density at radius 2 is 2.05 bits per heavy atom. The molecule has 4 atom stereocenters. The zero-order valence-corrected chi connectivity index (χ0v) is 23.3. The van der Waals surface area contributed by atoms with Gasteiger partial charge < -0.3 is 26.0 Å². The van der Waals surface area contributed by atoms with Crippen LogP contribution in [-0.2, 0) is 22.4 Å². The summed E-state index contributed by atoms with van der Waals surface area (Å²) in [6.07, 6.45) is 16.7. The molecule has 1 aromatic rings. The van der Waals surface area contributed by atoms with E-state index in [1.807, 2.05) is 12.1 Å². The van der Waals surface area contributed by atoms with E-state index in [0.717, 1.165) is 61.6 Å². The fourth-order valence-corrected chi connectivity index (χ4v) is 6.03. The largest absolute Gasteiger partial charge is 0.504 e. The number of phenols is 1. The number of guanidine groups is 1. The molecule has 0 amide bonds. The van der Waals surface area contributed by atoms with E-state index in [9.17, 15) is 9.90 Å². The molecule has 210 valence electrons. The third-order valence-electron chi connectivity index (χ3n) is 8.10. The van der Waals surface area contributed by atoms with Crippen LogP contribution in [0.25, 0.3) is 0 Å². The Labute approximate surface area is 232 Å². The maximum Gasteiger partial charge on any atom is 0.186 e. The average molecular weight is 534 g/mol. The smallest absolute Gasteiger partial charge is 0.186 e. The van der Waals surface area contributed by atoms with Crippen LogP contribution >= 0.6 is 0 Å². The number of hydrogen-bond donors (Lipinski definition) is 3. The zero-order valence-electron chi connectivity index (χ0n) is 23.3. The van der Waals surface area contributed by atoms with Crippen LogP contribution in [0.15, 0.2) is 35.4 Å². The third kappa shape index (κ3) is 7.45. The molecule has 0 unspecified atom stereocenters. The molecule has 1 fully saturated rings. The van der Waals surface area contributed by atoms with Gasteiger partial charge in [0.2, 0.25) is 0 Å². The molecule has 7 nitrogen and oxygen atoms in total. The summed E-state index contributed by atoms with van der Waals surface area (Å²) in [5, 5.41) is 11.6. The first kappa shape index (κ1) is 28.8. The number of methoxy groups -OCH3 is 1. The lowest BCUT2D eigenvalue weighted by Crippen LogP contribution is -2.35. The summed E-state index contributed by atoms with van der Waals surface area (Å²) >= 11 is 0. The summed E-state index contributed by atoms with van der Waals surface area (Å²) < 4.78 is 12.2. The van der Waals surface area contributed by atoms with Crippen molar-refractivity contribution in [2.24, 2.45) is 28.3 Å². The number of nitrogens with zero attached hydrogens (tertiary/aromatic N) is 1. The minimum Gasteiger partial charge on any atom is -0.504 e. The van der Waals surface area contributed by atoms with Crippen LogP contribution in [0.2, 0.25) is 0 Å². The minimum atomic E-state index is -0.159. The Balaban J connectivity index is 1.76. The minimum absolute atomic E-state index is 0.0553. The second-order valence-corrected chi connectivity index (χ2v) is 11.0. The summed E-state index contributed by atoms with van der Waals surface area (Å²) in [6.45, 7) is 2.09. The van der Waals surface area contributed by atoms with Crippen LogP contribution in [0.1, 0.15) is 81.4 Å². The number of rotatable bonds is 10. The van der Waals surface area contributed by atoms with Crippen molar-refractivity contribution in [2.75, 3.05) is 7.11 Å². The first-order valence-corrected chi connectivity index (χ1v) is 14.4. The summed E-state index contributed by atoms with van der Waals surface area (Å²) in [4.78, 5) is 17.1. The number of aliphatic imine (C=N–C) groups is 1. The molecule has 0 aliphatic heterocycles. The molecule has 1 saturated carbocycles. The number of unbranched alkanes of at least 4 members (excludes halogenated alkanes) is 1. The number of hydrogen-bond acceptors (Lipinski definition) is 5. The molecule has 1 aromatic carbocycles. The zero-order chi connectivity index (χ0) is 27.8. The molecule has 0 spiro atoms. The lowest BCUT2D eigenvalue weighted by atomic mass is 9.76. The highest BCUT2D eigenvalue weighted by atomic mass is 16.5. The number of carbonyl (C=O) groups excluding carboxylic acids is 1. The fourth-order valence-electron chi connectivity index (χ4n) is 6.03. The van der Waals surface area contributed by atoms with Gasteiger partial charge in [0.15, 0.2) is 23.2 Å². The summed E-state index contributed by atoms with van der Waals surface area (Å²) in [5.74, 6) is 7.67. The fraction of sp³-hybridized carbons (Fsp3) is 0.562. The second kappa shape index (κ2) is 13.7. The average Bonchev–Trinajstić information content (AvgIpc) is 3.43. The van der Waals surface area contributed by atoms with Crippen molar-refractivity contribution in [1.82, 2.24) is 0 Å². The Morgan fingerprint density at radius 1 is 1.26 bits per heavy atom. The summed E-state index contributed by atoms with van der Waals surface area (Å²) in [7, 11) is 1.71. The van der Waals surface area contributed by atoms with Gasteiger partial charge in [-0.25, -0.2) is 4.99 Å².